The van der Waals surface area contributed by atoms with Gasteiger partial charge in [0.15, 0.2) is 11.5 Å². The highest BCUT2D eigenvalue weighted by molar-refractivity contribution is 8.02. The summed E-state index contributed by atoms with van der Waals surface area (Å²) in [6, 6.07) is 16.3. The number of sulfonamides is 1. The summed E-state index contributed by atoms with van der Waals surface area (Å²) in [6.07, 6.45) is 0.0612. The second-order valence-corrected chi connectivity index (χ2v) is 11.2. The Balaban J connectivity index is 1.53. The zero-order valence-corrected chi connectivity index (χ0v) is 21.3. The van der Waals surface area contributed by atoms with Crippen molar-refractivity contribution < 1.29 is 32.6 Å². The number of nitrogens with zero attached hydrogens (tertiary/aromatic N) is 1. The summed E-state index contributed by atoms with van der Waals surface area (Å²) < 4.78 is 38.2. The fourth-order valence-electron chi connectivity index (χ4n) is 4.06. The van der Waals surface area contributed by atoms with Crippen molar-refractivity contribution in [1.82, 2.24) is 9.62 Å². The summed E-state index contributed by atoms with van der Waals surface area (Å²) in [7, 11) is -1.22. The van der Waals surface area contributed by atoms with Gasteiger partial charge < -0.3 is 19.9 Å². The third-order valence-electron chi connectivity index (χ3n) is 5.90. The Morgan fingerprint density at radius 3 is 2.47 bits per heavy atom. The van der Waals surface area contributed by atoms with Crippen LogP contribution in [0.3, 0.4) is 0 Å². The minimum atomic E-state index is -4.06. The molecule has 3 aromatic carbocycles. The van der Waals surface area contributed by atoms with Crippen LogP contribution >= 0.6 is 11.8 Å². The zero-order chi connectivity index (χ0) is 25.9. The Bertz CT molecular complexity index is 1390. The Labute approximate surface area is 213 Å². The number of aliphatic carboxylic acids is 1. The van der Waals surface area contributed by atoms with E-state index in [1.165, 1.54) is 32.4 Å². The van der Waals surface area contributed by atoms with Gasteiger partial charge in [-0.25, -0.2) is 13.2 Å². The molecule has 2 N–H and O–H groups in total. The average molecular weight is 531 g/mol. The summed E-state index contributed by atoms with van der Waals surface area (Å²) in [5.41, 5.74) is 0.746. The van der Waals surface area contributed by atoms with E-state index < -0.39 is 33.3 Å². The maximum atomic E-state index is 13.4. The second kappa shape index (κ2) is 10.8. The molecule has 1 saturated heterocycles. The maximum Gasteiger partial charge on any atom is 0.326 e. The number of benzene rings is 3. The predicted octanol–water partition coefficient (Wildman–Crippen LogP) is 2.73. The van der Waals surface area contributed by atoms with E-state index in [9.17, 15) is 23.1 Å². The fraction of sp³-hybridized carbons (Fsp3) is 0.280. The molecule has 36 heavy (non-hydrogen) atoms. The first-order valence-corrected chi connectivity index (χ1v) is 13.6. The number of carboxylic acids is 1. The Hall–Kier alpha value is -3.28. The van der Waals surface area contributed by atoms with Gasteiger partial charge in [0, 0.05) is 24.8 Å². The highest BCUT2D eigenvalue weighted by atomic mass is 32.2. The highest BCUT2D eigenvalue weighted by Crippen LogP contribution is 2.34. The first-order chi connectivity index (χ1) is 17.2. The van der Waals surface area contributed by atoms with E-state index in [4.69, 9.17) is 9.47 Å². The number of ether oxygens (including phenoxy) is 2. The molecule has 0 spiro atoms. The maximum absolute atomic E-state index is 13.4. The van der Waals surface area contributed by atoms with Crippen LogP contribution in [0.1, 0.15) is 5.56 Å². The van der Waals surface area contributed by atoms with E-state index in [1.807, 2.05) is 42.5 Å². The van der Waals surface area contributed by atoms with Crippen molar-refractivity contribution >= 4 is 44.4 Å². The van der Waals surface area contributed by atoms with Gasteiger partial charge in [-0.15, -0.1) is 11.8 Å². The van der Waals surface area contributed by atoms with Crippen LogP contribution in [0.5, 0.6) is 11.5 Å². The minimum absolute atomic E-state index is 0.0496. The van der Waals surface area contributed by atoms with Crippen LogP contribution in [-0.2, 0) is 26.0 Å². The molecule has 0 radical (unpaired) electrons. The molecule has 1 amide bonds. The summed E-state index contributed by atoms with van der Waals surface area (Å²) in [5, 5.41) is 13.2. The normalized spacial score (nSPS) is 17.0. The largest absolute Gasteiger partial charge is 0.493 e. The number of nitrogens with one attached hydrogen (secondary N) is 1. The molecule has 0 aliphatic carbocycles. The van der Waals surface area contributed by atoms with Crippen molar-refractivity contribution in [2.24, 2.45) is 0 Å². The molecule has 3 aromatic rings. The lowest BCUT2D eigenvalue weighted by atomic mass is 10.0. The van der Waals surface area contributed by atoms with Gasteiger partial charge in [-0.3, -0.25) is 4.79 Å². The van der Waals surface area contributed by atoms with Gasteiger partial charge in [0.05, 0.1) is 19.1 Å². The predicted molar refractivity (Wildman–Crippen MR) is 137 cm³/mol. The van der Waals surface area contributed by atoms with Crippen LogP contribution in [-0.4, -0.2) is 67.6 Å². The number of carboxylic acid groups (broad SMARTS) is 1. The van der Waals surface area contributed by atoms with E-state index in [-0.39, 0.29) is 23.6 Å². The van der Waals surface area contributed by atoms with Gasteiger partial charge in [0.25, 0.3) is 0 Å². The van der Waals surface area contributed by atoms with Gasteiger partial charge in [-0.2, -0.15) is 4.31 Å². The minimum Gasteiger partial charge on any atom is -0.493 e. The van der Waals surface area contributed by atoms with Crippen LogP contribution in [0.25, 0.3) is 10.8 Å². The van der Waals surface area contributed by atoms with E-state index in [0.717, 1.165) is 32.4 Å². The molecular weight excluding hydrogens is 504 g/mol. The molecule has 0 bridgehead atoms. The number of rotatable bonds is 9. The third kappa shape index (κ3) is 5.28. The number of hydrogen-bond donors (Lipinski definition) is 2. The van der Waals surface area contributed by atoms with E-state index in [2.05, 4.69) is 5.32 Å². The number of carbonyl (C=O) groups excluding carboxylic acids is 1. The fourth-order valence-corrected chi connectivity index (χ4v) is 7.17. The van der Waals surface area contributed by atoms with Crippen molar-refractivity contribution in [3.63, 3.8) is 0 Å². The lowest BCUT2D eigenvalue weighted by Crippen LogP contribution is -2.50. The van der Waals surface area contributed by atoms with E-state index in [0.29, 0.717) is 11.5 Å². The topological polar surface area (TPSA) is 122 Å². The van der Waals surface area contributed by atoms with E-state index >= 15 is 0 Å². The summed E-state index contributed by atoms with van der Waals surface area (Å²) >= 11 is 1.15. The number of thioether (sulfide) groups is 1. The SMILES string of the molecule is COc1ccc(S(=O)(=O)N2CCS[C@H]2C(=O)N[C@@H](Cc2ccc3ccccc3c2)C(=O)O)cc1OC. The van der Waals surface area contributed by atoms with Crippen LogP contribution in [0, 0.1) is 0 Å². The second-order valence-electron chi connectivity index (χ2n) is 8.14. The van der Waals surface area contributed by atoms with Crippen molar-refractivity contribution in [3.8, 4) is 11.5 Å². The molecule has 2 atom stereocenters. The van der Waals surface area contributed by atoms with Gasteiger partial charge in [0.2, 0.25) is 15.9 Å². The molecule has 1 aliphatic rings. The van der Waals surface area contributed by atoms with Gasteiger partial charge in [-0.05, 0) is 28.5 Å². The van der Waals surface area contributed by atoms with Crippen molar-refractivity contribution in [3.05, 3.63) is 66.2 Å². The summed E-state index contributed by atoms with van der Waals surface area (Å²) in [4.78, 5) is 25.0. The molecule has 0 unspecified atom stereocenters. The smallest absolute Gasteiger partial charge is 0.326 e. The Kier molecular flexibility index (Phi) is 7.72. The number of amides is 1. The molecule has 9 nitrogen and oxygen atoms in total. The first-order valence-electron chi connectivity index (χ1n) is 11.1. The van der Waals surface area contributed by atoms with Crippen LogP contribution < -0.4 is 14.8 Å². The Morgan fingerprint density at radius 2 is 1.78 bits per heavy atom. The first kappa shape index (κ1) is 25.8. The molecular formula is C25H26N2O7S2. The van der Waals surface area contributed by atoms with E-state index in [1.54, 1.807) is 0 Å². The van der Waals surface area contributed by atoms with Crippen LogP contribution in [0.15, 0.2) is 65.6 Å². The third-order valence-corrected chi connectivity index (χ3v) is 9.10. The van der Waals surface area contributed by atoms with Crippen molar-refractivity contribution in [2.75, 3.05) is 26.5 Å². The van der Waals surface area contributed by atoms with Crippen molar-refractivity contribution in [2.45, 2.75) is 22.7 Å². The van der Waals surface area contributed by atoms with Crippen LogP contribution in [0.2, 0.25) is 0 Å². The highest BCUT2D eigenvalue weighted by Gasteiger charge is 2.41. The summed E-state index contributed by atoms with van der Waals surface area (Å²) in [5.74, 6) is -0.858. The monoisotopic (exact) mass is 530 g/mol. The molecule has 0 aromatic heterocycles. The lowest BCUT2D eigenvalue weighted by Gasteiger charge is -2.24. The molecule has 4 rings (SSSR count). The number of carbonyl (C=O) groups is 2. The van der Waals surface area contributed by atoms with Gasteiger partial charge in [0.1, 0.15) is 11.4 Å². The lowest BCUT2D eigenvalue weighted by molar-refractivity contribution is -0.141. The van der Waals surface area contributed by atoms with Gasteiger partial charge >= 0.3 is 5.97 Å². The molecule has 1 heterocycles. The van der Waals surface area contributed by atoms with Crippen molar-refractivity contribution in [1.29, 1.82) is 0 Å². The molecule has 1 aliphatic heterocycles. The number of hydrogen-bond acceptors (Lipinski definition) is 7. The molecule has 0 saturated carbocycles. The molecule has 1 fully saturated rings. The Morgan fingerprint density at radius 1 is 1.06 bits per heavy atom. The van der Waals surface area contributed by atoms with Gasteiger partial charge in [-0.1, -0.05) is 42.5 Å². The standard InChI is InChI=1S/C25H26N2O7S2/c1-33-21-10-9-19(15-22(21)34-2)36(31,32)27-11-12-35-24(27)23(28)26-20(25(29)30)14-16-7-8-17-5-3-4-6-18(17)13-16/h3-10,13,15,20,24H,11-12,14H2,1-2H3,(H,26,28)(H,29,30)/t20-,24-/m0/s1. The number of methoxy groups -OCH3 is 2. The molecule has 190 valence electrons. The average Bonchev–Trinajstić information content (AvgIpc) is 3.39. The summed E-state index contributed by atoms with van der Waals surface area (Å²) in [6.45, 7) is 0.113. The number of fused-ring (bicyclic) bond motifs is 1. The molecule has 11 heteroatoms. The van der Waals surface area contributed by atoms with Crippen LogP contribution in [0.4, 0.5) is 0 Å². The zero-order valence-electron chi connectivity index (χ0n) is 19.7. The quantitative estimate of drug-likeness (QED) is 0.433.